The van der Waals surface area contributed by atoms with E-state index in [9.17, 15) is 34.6 Å². The molecule has 0 aliphatic carbocycles. The van der Waals surface area contributed by atoms with Crippen molar-refractivity contribution in [1.29, 1.82) is 0 Å². The van der Waals surface area contributed by atoms with Crippen molar-refractivity contribution < 1.29 is 39.3 Å². The molecule has 0 heterocycles. The van der Waals surface area contributed by atoms with Gasteiger partial charge in [0.2, 0.25) is 0 Å². The standard InChI is InChI=1S/C5H6F6.C2H6F2Si.C2H6O/c1-3(2,4(6,7)8)5(9,10)11;1-5(2,3)4;1-3-2/h1-2H3;1-2H3;1-2H3. The summed E-state index contributed by atoms with van der Waals surface area (Å²) in [6.07, 6.45) is -10.5. The maximum atomic E-state index is 11.6. The van der Waals surface area contributed by atoms with E-state index in [1.54, 1.807) is 14.2 Å². The molecule has 0 aromatic rings. The minimum Gasteiger partial charge on any atom is -0.388 e. The fraction of sp³-hybridized carbons (Fsp3) is 1.00. The third kappa shape index (κ3) is 13.8. The molecular formula is C9H18F8OSi. The van der Waals surface area contributed by atoms with Gasteiger partial charge in [0, 0.05) is 14.2 Å². The number of methoxy groups -OCH3 is 1. The first-order valence-corrected chi connectivity index (χ1v) is 7.58. The average molecular weight is 322 g/mol. The highest BCUT2D eigenvalue weighted by Gasteiger charge is 2.64. The third-order valence-electron chi connectivity index (χ3n) is 1.42. The molecule has 120 valence electrons. The van der Waals surface area contributed by atoms with Crippen LogP contribution in [0.5, 0.6) is 0 Å². The van der Waals surface area contributed by atoms with Crippen LogP contribution in [0.4, 0.5) is 34.6 Å². The number of halogens is 8. The Bertz CT molecular complexity index is 206. The zero-order chi connectivity index (χ0) is 16.7. The van der Waals surface area contributed by atoms with Crippen molar-refractivity contribution in [2.24, 2.45) is 5.41 Å². The monoisotopic (exact) mass is 322 g/mol. The molecule has 0 radical (unpaired) electrons. The van der Waals surface area contributed by atoms with Crippen LogP contribution in [0, 0.1) is 5.41 Å². The number of alkyl halides is 6. The molecule has 0 saturated carbocycles. The molecular weight excluding hydrogens is 304 g/mol. The summed E-state index contributed by atoms with van der Waals surface area (Å²) in [5.41, 5.74) is -3.62. The average Bonchev–Trinajstić information content (AvgIpc) is 1.97. The van der Waals surface area contributed by atoms with Gasteiger partial charge in [0.25, 0.3) is 0 Å². The SMILES string of the molecule is CC(C)(C(F)(F)F)C(F)(F)F.COC.C[Si](C)(F)F. The zero-order valence-electron chi connectivity index (χ0n) is 11.4. The van der Waals surface area contributed by atoms with E-state index in [1.807, 2.05) is 0 Å². The second-order valence-corrected chi connectivity index (χ2v) is 7.01. The molecule has 0 amide bonds. The van der Waals surface area contributed by atoms with Gasteiger partial charge in [0.15, 0.2) is 5.41 Å². The summed E-state index contributed by atoms with van der Waals surface area (Å²) in [6, 6.07) is 0. The molecule has 0 spiro atoms. The third-order valence-corrected chi connectivity index (χ3v) is 1.42. The summed E-state index contributed by atoms with van der Waals surface area (Å²) in [5, 5.41) is 0. The first-order valence-electron chi connectivity index (χ1n) is 4.83. The minimum atomic E-state index is -5.24. The number of rotatable bonds is 0. The van der Waals surface area contributed by atoms with E-state index in [0.29, 0.717) is 0 Å². The molecule has 0 fully saturated rings. The minimum absolute atomic E-state index is 0.104. The van der Waals surface area contributed by atoms with Crippen molar-refractivity contribution in [3.8, 4) is 0 Å². The van der Waals surface area contributed by atoms with Crippen LogP contribution < -0.4 is 0 Å². The second kappa shape index (κ2) is 8.03. The largest absolute Gasteiger partial charge is 0.419 e. The maximum Gasteiger partial charge on any atom is 0.419 e. The van der Waals surface area contributed by atoms with Crippen LogP contribution in [-0.4, -0.2) is 35.3 Å². The summed E-state index contributed by atoms with van der Waals surface area (Å²) >= 11 is 0. The van der Waals surface area contributed by atoms with E-state index in [-0.39, 0.29) is 13.8 Å². The summed E-state index contributed by atoms with van der Waals surface area (Å²) in [7, 11) is -0.361. The molecule has 0 saturated heterocycles. The van der Waals surface area contributed by atoms with Gasteiger partial charge in [-0.25, -0.2) is 0 Å². The van der Waals surface area contributed by atoms with Gasteiger partial charge in [-0.05, 0) is 26.9 Å². The Kier molecular flexibility index (Phi) is 10.0. The van der Waals surface area contributed by atoms with E-state index < -0.39 is 26.5 Å². The Balaban J connectivity index is -0.000000266. The first kappa shape index (κ1) is 23.7. The fourth-order valence-electron chi connectivity index (χ4n) is 0.161. The Morgan fingerprint density at radius 2 is 0.842 bits per heavy atom. The van der Waals surface area contributed by atoms with Crippen molar-refractivity contribution in [3.05, 3.63) is 0 Å². The highest BCUT2D eigenvalue weighted by molar-refractivity contribution is 6.63. The molecule has 0 aliphatic rings. The molecule has 19 heavy (non-hydrogen) atoms. The van der Waals surface area contributed by atoms with Crippen LogP contribution in [0.2, 0.25) is 13.1 Å². The van der Waals surface area contributed by atoms with E-state index >= 15 is 0 Å². The van der Waals surface area contributed by atoms with Gasteiger partial charge < -0.3 is 4.74 Å². The Hall–Kier alpha value is -0.383. The molecule has 0 rings (SSSR count). The number of hydrogen-bond acceptors (Lipinski definition) is 1. The molecule has 0 aromatic heterocycles. The molecule has 0 aliphatic heterocycles. The van der Waals surface area contributed by atoms with Crippen LogP contribution in [0.15, 0.2) is 0 Å². The molecule has 0 bridgehead atoms. The lowest BCUT2D eigenvalue weighted by atomic mass is 9.92. The van der Waals surface area contributed by atoms with Crippen LogP contribution in [0.1, 0.15) is 13.8 Å². The van der Waals surface area contributed by atoms with E-state index in [0.717, 1.165) is 13.1 Å². The topological polar surface area (TPSA) is 9.23 Å². The van der Waals surface area contributed by atoms with Crippen LogP contribution in [0.25, 0.3) is 0 Å². The Morgan fingerprint density at radius 3 is 0.842 bits per heavy atom. The molecule has 10 heteroatoms. The zero-order valence-corrected chi connectivity index (χ0v) is 12.4. The quantitative estimate of drug-likeness (QED) is 0.345. The molecule has 0 aromatic carbocycles. The smallest absolute Gasteiger partial charge is 0.388 e. The predicted octanol–water partition coefficient (Wildman–Crippen LogP) is 5.03. The van der Waals surface area contributed by atoms with Crippen molar-refractivity contribution in [2.75, 3.05) is 14.2 Å². The highest BCUT2D eigenvalue weighted by atomic mass is 28.4. The Labute approximate surface area is 108 Å². The predicted molar refractivity (Wildman–Crippen MR) is 58.5 cm³/mol. The van der Waals surface area contributed by atoms with E-state index in [2.05, 4.69) is 4.74 Å². The second-order valence-electron chi connectivity index (χ2n) is 4.36. The fourth-order valence-corrected chi connectivity index (χ4v) is 0.161. The normalized spacial score (nSPS) is 12.9. The number of ether oxygens (including phenoxy) is 1. The van der Waals surface area contributed by atoms with Gasteiger partial charge in [-0.15, -0.1) is 0 Å². The van der Waals surface area contributed by atoms with Gasteiger partial charge in [0.1, 0.15) is 0 Å². The number of hydrogen-bond donors (Lipinski definition) is 0. The van der Waals surface area contributed by atoms with E-state index in [4.69, 9.17) is 0 Å². The van der Waals surface area contributed by atoms with E-state index in [1.165, 1.54) is 0 Å². The Morgan fingerprint density at radius 1 is 0.737 bits per heavy atom. The van der Waals surface area contributed by atoms with Crippen molar-refractivity contribution in [3.63, 3.8) is 0 Å². The lowest BCUT2D eigenvalue weighted by molar-refractivity contribution is -0.327. The highest BCUT2D eigenvalue weighted by Crippen LogP contribution is 2.49. The summed E-state index contributed by atoms with van der Waals surface area (Å²) in [5.74, 6) is 0. The van der Waals surface area contributed by atoms with Crippen molar-refractivity contribution >= 4 is 8.74 Å². The molecule has 0 atom stereocenters. The lowest BCUT2D eigenvalue weighted by Gasteiger charge is -2.29. The van der Waals surface area contributed by atoms with Crippen LogP contribution in [-0.2, 0) is 4.74 Å². The summed E-state index contributed by atoms with van der Waals surface area (Å²) < 4.78 is 96.2. The van der Waals surface area contributed by atoms with Gasteiger partial charge >= 0.3 is 21.1 Å². The van der Waals surface area contributed by atoms with Gasteiger partial charge in [-0.2, -0.15) is 26.3 Å². The van der Waals surface area contributed by atoms with Gasteiger partial charge in [-0.1, -0.05) is 0 Å². The van der Waals surface area contributed by atoms with Gasteiger partial charge in [0.05, 0.1) is 0 Å². The first-order chi connectivity index (χ1) is 7.91. The van der Waals surface area contributed by atoms with Crippen LogP contribution in [0.3, 0.4) is 0 Å². The van der Waals surface area contributed by atoms with Crippen molar-refractivity contribution in [1.82, 2.24) is 0 Å². The lowest BCUT2D eigenvalue weighted by Crippen LogP contribution is -2.44. The van der Waals surface area contributed by atoms with Crippen molar-refractivity contribution in [2.45, 2.75) is 39.3 Å². The molecule has 0 unspecified atom stereocenters. The van der Waals surface area contributed by atoms with Crippen LogP contribution >= 0.6 is 0 Å². The maximum absolute atomic E-state index is 11.6. The molecule has 0 N–H and O–H groups in total. The summed E-state index contributed by atoms with van der Waals surface area (Å²) in [4.78, 5) is 0. The summed E-state index contributed by atoms with van der Waals surface area (Å²) in [6.45, 7) is 2.19. The van der Waals surface area contributed by atoms with Gasteiger partial charge in [-0.3, -0.25) is 8.22 Å². The molecule has 1 nitrogen and oxygen atoms in total.